The third-order valence-electron chi connectivity index (χ3n) is 7.65. The van der Waals surface area contributed by atoms with Crippen LogP contribution in [0, 0.1) is 11.6 Å². The van der Waals surface area contributed by atoms with E-state index in [0.29, 0.717) is 11.8 Å². The number of thiophene rings is 1. The summed E-state index contributed by atoms with van der Waals surface area (Å²) in [4.78, 5) is 31.7. The predicted octanol–water partition coefficient (Wildman–Crippen LogP) is 6.18. The normalized spacial score (nSPS) is 17.0. The monoisotopic (exact) mass is 598 g/mol. The Labute approximate surface area is 245 Å². The first-order valence-corrected chi connectivity index (χ1v) is 14.4. The molecular weight excluding hydrogens is 570 g/mol. The van der Waals surface area contributed by atoms with E-state index < -0.39 is 23.4 Å². The molecule has 1 aliphatic carbocycles. The lowest BCUT2D eigenvalue weighted by Crippen LogP contribution is -2.44. The van der Waals surface area contributed by atoms with Crippen LogP contribution in [0.25, 0.3) is 21.2 Å². The maximum absolute atomic E-state index is 14.6. The summed E-state index contributed by atoms with van der Waals surface area (Å²) in [6, 6.07) is 11.2. The van der Waals surface area contributed by atoms with Gasteiger partial charge in [0.1, 0.15) is 28.0 Å². The van der Waals surface area contributed by atoms with Gasteiger partial charge in [-0.1, -0.05) is 17.7 Å². The van der Waals surface area contributed by atoms with Gasteiger partial charge in [-0.05, 0) is 80.3 Å². The number of nitrogens with zero attached hydrogens (tertiary/aromatic N) is 2. The molecular formula is C30H29ClF2N4O3S. The number of nitrogens with one attached hydrogen (secondary N) is 1. The van der Waals surface area contributed by atoms with Crippen LogP contribution < -0.4 is 15.8 Å². The molecule has 2 aromatic carbocycles. The van der Waals surface area contributed by atoms with Gasteiger partial charge in [0.25, 0.3) is 11.8 Å². The molecule has 3 N–H and O–H groups in total. The second kappa shape index (κ2) is 12.1. The number of rotatable bonds is 8. The van der Waals surface area contributed by atoms with Crippen molar-refractivity contribution in [2.45, 2.75) is 44.3 Å². The summed E-state index contributed by atoms with van der Waals surface area (Å²) in [6.07, 6.45) is 4.75. The molecule has 0 atom stereocenters. The van der Waals surface area contributed by atoms with Gasteiger partial charge in [0.2, 0.25) is 0 Å². The van der Waals surface area contributed by atoms with Gasteiger partial charge in [-0.3, -0.25) is 14.6 Å². The first-order valence-electron chi connectivity index (χ1n) is 13.2. The Morgan fingerprint density at radius 3 is 2.46 bits per heavy atom. The molecule has 2 heterocycles. The smallest absolute Gasteiger partial charge is 0.267 e. The lowest BCUT2D eigenvalue weighted by Gasteiger charge is -2.37. The average molecular weight is 599 g/mol. The molecule has 214 valence electrons. The summed E-state index contributed by atoms with van der Waals surface area (Å²) < 4.78 is 34.9. The van der Waals surface area contributed by atoms with Gasteiger partial charge >= 0.3 is 0 Å². The van der Waals surface area contributed by atoms with E-state index in [2.05, 4.69) is 10.3 Å². The van der Waals surface area contributed by atoms with Gasteiger partial charge in [-0.2, -0.15) is 0 Å². The Balaban J connectivity index is 1.56. The van der Waals surface area contributed by atoms with Crippen LogP contribution in [0.15, 0.2) is 48.7 Å². The van der Waals surface area contributed by atoms with E-state index in [1.165, 1.54) is 6.20 Å². The minimum Gasteiger partial charge on any atom is -0.496 e. The second-order valence-electron chi connectivity index (χ2n) is 10.0. The number of hydrogen-bond acceptors (Lipinski definition) is 6. The molecule has 0 radical (unpaired) electrons. The summed E-state index contributed by atoms with van der Waals surface area (Å²) in [6.45, 7) is 0.175. The molecule has 1 fully saturated rings. The van der Waals surface area contributed by atoms with E-state index in [9.17, 15) is 18.4 Å². The highest BCUT2D eigenvalue weighted by Crippen LogP contribution is 2.40. The molecule has 41 heavy (non-hydrogen) atoms. The average Bonchev–Trinajstić information content (AvgIpc) is 3.35. The predicted molar refractivity (Wildman–Crippen MR) is 156 cm³/mol. The number of hydrogen-bond donors (Lipinski definition) is 2. The Bertz CT molecular complexity index is 1620. The molecule has 1 aliphatic rings. The van der Waals surface area contributed by atoms with Gasteiger partial charge in [0.15, 0.2) is 0 Å². The Kier molecular flexibility index (Phi) is 8.53. The standard InChI is InChI=1S/C30H29ClF2N4O3S/c1-35-19-4-6-20(7-5-19)37(30(39)28-26(31)25-21(32)8-9-22(33)27(25)41-28)15-18-13-16(3-10-24(18)40-2)17-11-12-36-23(14-17)29(34)38/h3,8-14,19-20,35H,4-7,15H2,1-2H3,(H2,34,38)/t19-,20-. The summed E-state index contributed by atoms with van der Waals surface area (Å²) in [5.74, 6) is -1.77. The molecule has 0 unspecified atom stereocenters. The van der Waals surface area contributed by atoms with Crippen LogP contribution in [0.5, 0.6) is 5.75 Å². The molecule has 2 aromatic heterocycles. The van der Waals surface area contributed by atoms with Crippen molar-refractivity contribution in [2.75, 3.05) is 14.2 Å². The van der Waals surface area contributed by atoms with Gasteiger partial charge in [0, 0.05) is 30.4 Å². The SMILES string of the molecule is CN[C@H]1CC[C@H](N(Cc2cc(-c3ccnc(C(N)=O)c3)ccc2OC)C(=O)c2sc3c(F)ccc(F)c3c2Cl)CC1. The maximum atomic E-state index is 14.6. The lowest BCUT2D eigenvalue weighted by molar-refractivity contribution is 0.0604. The van der Waals surface area contributed by atoms with Gasteiger partial charge in [-0.15, -0.1) is 11.3 Å². The number of pyridine rings is 1. The minimum atomic E-state index is -0.676. The summed E-state index contributed by atoms with van der Waals surface area (Å²) in [5.41, 5.74) is 7.79. The fourth-order valence-corrected chi connectivity index (χ4v) is 6.92. The topological polar surface area (TPSA) is 97.6 Å². The zero-order valence-electron chi connectivity index (χ0n) is 22.5. The zero-order chi connectivity index (χ0) is 29.3. The number of amides is 2. The lowest BCUT2D eigenvalue weighted by atomic mass is 9.89. The number of benzene rings is 2. The van der Waals surface area contributed by atoms with Crippen molar-refractivity contribution in [2.24, 2.45) is 5.73 Å². The van der Waals surface area contributed by atoms with Crippen LogP contribution in [0.1, 0.15) is 51.4 Å². The van der Waals surface area contributed by atoms with Crippen LogP contribution in [0.4, 0.5) is 8.78 Å². The van der Waals surface area contributed by atoms with E-state index in [1.807, 2.05) is 19.2 Å². The largest absolute Gasteiger partial charge is 0.496 e. The van der Waals surface area contributed by atoms with E-state index in [0.717, 1.165) is 65.8 Å². The molecule has 4 aromatic rings. The molecule has 0 spiro atoms. The zero-order valence-corrected chi connectivity index (χ0v) is 24.1. The third-order valence-corrected chi connectivity index (χ3v) is 9.33. The van der Waals surface area contributed by atoms with Gasteiger partial charge in [-0.25, -0.2) is 8.78 Å². The van der Waals surface area contributed by atoms with E-state index >= 15 is 0 Å². The number of aromatic nitrogens is 1. The number of carbonyl (C=O) groups excluding carboxylic acids is 2. The van der Waals surface area contributed by atoms with Gasteiger partial charge in [0.05, 0.1) is 22.2 Å². The van der Waals surface area contributed by atoms with Gasteiger partial charge < -0.3 is 20.7 Å². The first kappa shape index (κ1) is 28.9. The maximum Gasteiger partial charge on any atom is 0.267 e. The number of halogens is 3. The van der Waals surface area contributed by atoms with Crippen molar-refractivity contribution in [3.05, 3.63) is 81.5 Å². The second-order valence-corrected chi connectivity index (χ2v) is 11.4. The van der Waals surface area contributed by atoms with Crippen LogP contribution in [0.2, 0.25) is 5.02 Å². The molecule has 0 saturated heterocycles. The van der Waals surface area contributed by atoms with E-state index in [-0.39, 0.29) is 38.3 Å². The Morgan fingerprint density at radius 2 is 1.80 bits per heavy atom. The molecule has 5 rings (SSSR count). The van der Waals surface area contributed by atoms with Crippen molar-refractivity contribution in [1.29, 1.82) is 0 Å². The number of primary amides is 1. The number of methoxy groups -OCH3 is 1. The molecule has 11 heteroatoms. The van der Waals surface area contributed by atoms with Crippen LogP contribution in [-0.2, 0) is 6.54 Å². The third kappa shape index (κ3) is 5.77. The highest BCUT2D eigenvalue weighted by molar-refractivity contribution is 7.21. The molecule has 0 bridgehead atoms. The quantitative estimate of drug-likeness (QED) is 0.253. The number of fused-ring (bicyclic) bond motifs is 1. The number of nitrogens with two attached hydrogens (primary N) is 1. The Hall–Kier alpha value is -3.60. The van der Waals surface area contributed by atoms with Crippen molar-refractivity contribution < 1.29 is 23.1 Å². The molecule has 2 amide bonds. The van der Waals surface area contributed by atoms with Crippen LogP contribution in [0.3, 0.4) is 0 Å². The number of carbonyl (C=O) groups is 2. The van der Waals surface area contributed by atoms with Crippen LogP contribution >= 0.6 is 22.9 Å². The van der Waals surface area contributed by atoms with Crippen molar-refractivity contribution >= 4 is 44.8 Å². The van der Waals surface area contributed by atoms with Crippen molar-refractivity contribution in [1.82, 2.24) is 15.2 Å². The number of ether oxygens (including phenoxy) is 1. The highest BCUT2D eigenvalue weighted by atomic mass is 35.5. The molecule has 0 aliphatic heterocycles. The fourth-order valence-electron chi connectivity index (χ4n) is 5.42. The van der Waals surface area contributed by atoms with Crippen molar-refractivity contribution in [3.8, 4) is 16.9 Å². The summed E-state index contributed by atoms with van der Waals surface area (Å²) >= 11 is 7.41. The minimum absolute atomic E-state index is 0.0136. The van der Waals surface area contributed by atoms with E-state index in [1.54, 1.807) is 30.2 Å². The van der Waals surface area contributed by atoms with Crippen LogP contribution in [-0.4, -0.2) is 47.9 Å². The molecule has 7 nitrogen and oxygen atoms in total. The van der Waals surface area contributed by atoms with E-state index in [4.69, 9.17) is 22.1 Å². The highest BCUT2D eigenvalue weighted by Gasteiger charge is 2.33. The summed E-state index contributed by atoms with van der Waals surface area (Å²) in [5, 5.41) is 3.14. The fraction of sp³-hybridized carbons (Fsp3) is 0.300. The summed E-state index contributed by atoms with van der Waals surface area (Å²) in [7, 11) is 3.47. The Morgan fingerprint density at radius 1 is 1.10 bits per heavy atom. The molecule has 1 saturated carbocycles. The van der Waals surface area contributed by atoms with Crippen molar-refractivity contribution in [3.63, 3.8) is 0 Å². The first-order chi connectivity index (χ1) is 19.7.